The van der Waals surface area contributed by atoms with Crippen LogP contribution in [0.2, 0.25) is 0 Å². The maximum Gasteiger partial charge on any atom is 0.356 e. The van der Waals surface area contributed by atoms with Gasteiger partial charge in [-0.2, -0.15) is 14.1 Å². The summed E-state index contributed by atoms with van der Waals surface area (Å²) in [6, 6.07) is 11.6. The highest BCUT2D eigenvalue weighted by Gasteiger charge is 2.31. The molecule has 2 aromatic carbocycles. The molecule has 2 N–H and O–H groups in total. The van der Waals surface area contributed by atoms with Gasteiger partial charge in [0.25, 0.3) is 0 Å². The first-order valence-electron chi connectivity index (χ1n) is 12.6. The molecule has 0 unspecified atom stereocenters. The van der Waals surface area contributed by atoms with E-state index in [-0.39, 0.29) is 72.3 Å². The summed E-state index contributed by atoms with van der Waals surface area (Å²) >= 11 is 0. The molecule has 0 bridgehead atoms. The Bertz CT molecular complexity index is 1490. The number of carbonyl (C=O) groups excluding carboxylic acids is 1. The zero-order valence-corrected chi connectivity index (χ0v) is 23.1. The second-order valence-electron chi connectivity index (χ2n) is 9.71. The Morgan fingerprint density at radius 2 is 1.82 bits per heavy atom. The van der Waals surface area contributed by atoms with Gasteiger partial charge in [-0.15, -0.1) is 0 Å². The molecule has 0 spiro atoms. The lowest BCUT2D eigenvalue weighted by molar-refractivity contribution is -0.116. The normalized spacial score (nSPS) is 14.4. The molecule has 0 atom stereocenters. The average molecular weight is 557 g/mol. The summed E-state index contributed by atoms with van der Waals surface area (Å²) in [6.45, 7) is 8.05. The van der Waals surface area contributed by atoms with E-state index in [0.29, 0.717) is 11.4 Å². The van der Waals surface area contributed by atoms with Gasteiger partial charge in [0.1, 0.15) is 10.6 Å². The average Bonchev–Trinajstić information content (AvgIpc) is 3.21. The number of aryl methyl sites for hydroxylation is 1. The largest absolute Gasteiger partial charge is 0.476 e. The minimum atomic E-state index is -4.07. The van der Waals surface area contributed by atoms with Crippen LogP contribution in [0.3, 0.4) is 0 Å². The first-order chi connectivity index (χ1) is 18.5. The number of hydrogen-bond donors (Lipinski definition) is 2. The number of aromatic carboxylic acids is 1. The number of hydrogen-bond acceptors (Lipinski definition) is 7. The van der Waals surface area contributed by atoms with Gasteiger partial charge in [0.15, 0.2) is 5.69 Å². The predicted molar refractivity (Wildman–Crippen MR) is 144 cm³/mol. The van der Waals surface area contributed by atoms with Gasteiger partial charge in [-0.1, -0.05) is 32.0 Å². The van der Waals surface area contributed by atoms with Gasteiger partial charge >= 0.3 is 5.97 Å². The third kappa shape index (κ3) is 6.13. The second-order valence-corrected chi connectivity index (χ2v) is 11.6. The summed E-state index contributed by atoms with van der Waals surface area (Å²) < 4.78 is 41.7. The fourth-order valence-corrected chi connectivity index (χ4v) is 5.80. The van der Waals surface area contributed by atoms with Crippen molar-refractivity contribution in [3.8, 4) is 17.3 Å². The smallest absolute Gasteiger partial charge is 0.356 e. The topological polar surface area (TPSA) is 140 Å². The molecular weight excluding hydrogens is 524 g/mol. The van der Waals surface area contributed by atoms with Crippen molar-refractivity contribution in [2.24, 2.45) is 5.92 Å². The monoisotopic (exact) mass is 556 g/mol. The second kappa shape index (κ2) is 11.6. The molecule has 1 aliphatic heterocycles. The highest BCUT2D eigenvalue weighted by atomic mass is 32.2. The number of carboxylic acids is 1. The Balaban J connectivity index is 1.84. The number of benzene rings is 2. The van der Waals surface area contributed by atoms with Crippen LogP contribution < -0.4 is 10.1 Å². The molecular formula is C27H32N4O7S. The Morgan fingerprint density at radius 3 is 2.46 bits per heavy atom. The van der Waals surface area contributed by atoms with Gasteiger partial charge in [-0.25, -0.2) is 13.2 Å². The van der Waals surface area contributed by atoms with E-state index >= 15 is 0 Å². The molecule has 0 aliphatic carbocycles. The lowest BCUT2D eigenvalue weighted by Crippen LogP contribution is -2.40. The van der Waals surface area contributed by atoms with Crippen LogP contribution in [-0.4, -0.2) is 65.8 Å². The number of nitrogens with one attached hydrogen (secondary N) is 1. The number of carboxylic acid groups (broad SMARTS) is 1. The molecule has 12 heteroatoms. The molecule has 0 saturated carbocycles. The predicted octanol–water partition coefficient (Wildman–Crippen LogP) is 3.99. The summed E-state index contributed by atoms with van der Waals surface area (Å²) in [7, 11) is -4.07. The van der Waals surface area contributed by atoms with E-state index in [4.69, 9.17) is 9.47 Å². The standard InChI is InChI=1S/C27H32N4O7S/c1-17(2)15-24(32)28-20-9-10-22(23(16-20)39(35,36)30-11-13-37-14-12-30)38-26-19(4)25(27(33)34)29-31(26)21-8-6-5-7-18(21)3/h5-10,16-17H,11-15H2,1-4H3,(H,28,32)(H,33,34). The maximum atomic E-state index is 13.8. The third-order valence-electron chi connectivity index (χ3n) is 6.23. The molecule has 208 valence electrons. The summed E-state index contributed by atoms with van der Waals surface area (Å²) in [5.74, 6) is -1.32. The Hall–Kier alpha value is -3.74. The van der Waals surface area contributed by atoms with Crippen molar-refractivity contribution in [3.05, 3.63) is 59.3 Å². The number of aromatic nitrogens is 2. The molecule has 1 amide bonds. The third-order valence-corrected chi connectivity index (χ3v) is 8.15. The Morgan fingerprint density at radius 1 is 1.13 bits per heavy atom. The highest BCUT2D eigenvalue weighted by molar-refractivity contribution is 7.89. The van der Waals surface area contributed by atoms with E-state index in [0.717, 1.165) is 5.56 Å². The molecule has 11 nitrogen and oxygen atoms in total. The Kier molecular flexibility index (Phi) is 8.38. The minimum absolute atomic E-state index is 0.0295. The van der Waals surface area contributed by atoms with E-state index < -0.39 is 16.0 Å². The van der Waals surface area contributed by atoms with Crippen molar-refractivity contribution >= 4 is 27.6 Å². The lowest BCUT2D eigenvalue weighted by atomic mass is 10.1. The van der Waals surface area contributed by atoms with Crippen molar-refractivity contribution in [3.63, 3.8) is 0 Å². The number of rotatable bonds is 9. The molecule has 2 heterocycles. The van der Waals surface area contributed by atoms with Gasteiger partial charge in [-0.05, 0) is 49.6 Å². The molecule has 1 aliphatic rings. The molecule has 4 rings (SSSR count). The number of para-hydroxylation sites is 1. The number of carbonyl (C=O) groups is 2. The first kappa shape index (κ1) is 28.3. The Labute approximate surface area is 227 Å². The van der Waals surface area contributed by atoms with Gasteiger partial charge in [0.2, 0.25) is 21.8 Å². The fourth-order valence-electron chi connectivity index (χ4n) is 4.25. The highest BCUT2D eigenvalue weighted by Crippen LogP contribution is 2.37. The van der Waals surface area contributed by atoms with E-state index in [1.54, 1.807) is 25.1 Å². The van der Waals surface area contributed by atoms with E-state index in [1.165, 1.54) is 21.1 Å². The van der Waals surface area contributed by atoms with Crippen LogP contribution in [0.15, 0.2) is 47.4 Å². The van der Waals surface area contributed by atoms with Crippen LogP contribution in [0.1, 0.15) is 41.9 Å². The summed E-state index contributed by atoms with van der Waals surface area (Å²) in [5, 5.41) is 16.8. The van der Waals surface area contributed by atoms with Crippen LogP contribution >= 0.6 is 0 Å². The van der Waals surface area contributed by atoms with E-state index in [2.05, 4.69) is 10.4 Å². The first-order valence-corrected chi connectivity index (χ1v) is 14.0. The van der Waals surface area contributed by atoms with Gasteiger partial charge in [-0.3, -0.25) is 4.79 Å². The SMILES string of the molecule is Cc1ccccc1-n1nc(C(=O)O)c(C)c1Oc1ccc(NC(=O)CC(C)C)cc1S(=O)(=O)N1CCOCC1. The van der Waals surface area contributed by atoms with E-state index in [1.807, 2.05) is 32.9 Å². The molecule has 1 saturated heterocycles. The maximum absolute atomic E-state index is 13.8. The number of ether oxygens (including phenoxy) is 2. The number of amides is 1. The zero-order chi connectivity index (χ0) is 28.3. The van der Waals surface area contributed by atoms with Crippen LogP contribution in [-0.2, 0) is 19.6 Å². The quantitative estimate of drug-likeness (QED) is 0.403. The molecule has 3 aromatic rings. The molecule has 0 radical (unpaired) electrons. The number of sulfonamides is 1. The summed E-state index contributed by atoms with van der Waals surface area (Å²) in [6.07, 6.45) is 0.274. The van der Waals surface area contributed by atoms with E-state index in [9.17, 15) is 23.1 Å². The van der Waals surface area contributed by atoms with Crippen molar-refractivity contribution < 1.29 is 32.6 Å². The van der Waals surface area contributed by atoms with Gasteiger partial charge in [0, 0.05) is 30.8 Å². The molecule has 39 heavy (non-hydrogen) atoms. The van der Waals surface area contributed by atoms with Crippen LogP contribution in [0.25, 0.3) is 5.69 Å². The molecule has 1 fully saturated rings. The van der Waals surface area contributed by atoms with Crippen LogP contribution in [0, 0.1) is 19.8 Å². The van der Waals surface area contributed by atoms with Crippen LogP contribution in [0.4, 0.5) is 5.69 Å². The van der Waals surface area contributed by atoms with Crippen molar-refractivity contribution in [2.75, 3.05) is 31.6 Å². The van der Waals surface area contributed by atoms with Crippen molar-refractivity contribution in [2.45, 2.75) is 39.0 Å². The summed E-state index contributed by atoms with van der Waals surface area (Å²) in [5.41, 5.74) is 1.71. The van der Waals surface area contributed by atoms with Crippen molar-refractivity contribution in [1.82, 2.24) is 14.1 Å². The van der Waals surface area contributed by atoms with Crippen LogP contribution in [0.5, 0.6) is 11.6 Å². The fraction of sp³-hybridized carbons (Fsp3) is 0.370. The number of nitrogens with zero attached hydrogens (tertiary/aromatic N) is 3. The van der Waals surface area contributed by atoms with Gasteiger partial charge in [0.05, 0.1) is 18.9 Å². The number of anilines is 1. The lowest BCUT2D eigenvalue weighted by Gasteiger charge is -2.27. The number of morpholine rings is 1. The zero-order valence-electron chi connectivity index (χ0n) is 22.3. The van der Waals surface area contributed by atoms with Crippen molar-refractivity contribution in [1.29, 1.82) is 0 Å². The summed E-state index contributed by atoms with van der Waals surface area (Å²) in [4.78, 5) is 24.2. The molecule has 1 aromatic heterocycles. The minimum Gasteiger partial charge on any atom is -0.476 e. The van der Waals surface area contributed by atoms with Gasteiger partial charge < -0.3 is 19.9 Å².